The van der Waals surface area contributed by atoms with Crippen molar-refractivity contribution in [3.63, 3.8) is 0 Å². The number of halogens is 1. The molecular formula is C10H18FNO2S. The molecule has 0 spiro atoms. The van der Waals surface area contributed by atoms with Gasteiger partial charge in [0.15, 0.2) is 0 Å². The Bertz CT molecular complexity index is 328. The molecule has 1 saturated carbocycles. The van der Waals surface area contributed by atoms with Gasteiger partial charge in [0.2, 0.25) is 0 Å². The van der Waals surface area contributed by atoms with E-state index in [0.29, 0.717) is 12.3 Å². The Hall–Kier alpha value is -0.160. The minimum atomic E-state index is -4.37. The lowest BCUT2D eigenvalue weighted by molar-refractivity contribution is 0.0855. The van der Waals surface area contributed by atoms with Gasteiger partial charge in [-0.1, -0.05) is 6.42 Å². The van der Waals surface area contributed by atoms with Gasteiger partial charge in [-0.15, -0.1) is 3.89 Å². The van der Waals surface area contributed by atoms with Crippen LogP contribution in [0.15, 0.2) is 0 Å². The Morgan fingerprint density at radius 1 is 1.20 bits per heavy atom. The minimum Gasteiger partial charge on any atom is -0.302 e. The van der Waals surface area contributed by atoms with Crippen LogP contribution >= 0.6 is 0 Å². The summed E-state index contributed by atoms with van der Waals surface area (Å²) < 4.78 is 35.4. The van der Waals surface area contributed by atoms with Crippen molar-refractivity contribution < 1.29 is 12.3 Å². The fourth-order valence-corrected chi connectivity index (χ4v) is 4.46. The Morgan fingerprint density at radius 3 is 2.53 bits per heavy atom. The topological polar surface area (TPSA) is 37.4 Å². The van der Waals surface area contributed by atoms with E-state index < -0.39 is 15.5 Å². The predicted octanol–water partition coefficient (Wildman–Crippen LogP) is 1.55. The van der Waals surface area contributed by atoms with Crippen LogP contribution in [-0.4, -0.2) is 38.2 Å². The number of hydrogen-bond acceptors (Lipinski definition) is 3. The van der Waals surface area contributed by atoms with Gasteiger partial charge in [0.05, 0.1) is 0 Å². The van der Waals surface area contributed by atoms with Crippen LogP contribution in [0.1, 0.15) is 32.1 Å². The molecule has 0 bridgehead atoms. The maximum Gasteiger partial charge on any atom is 0.306 e. The summed E-state index contributed by atoms with van der Waals surface area (Å²) in [6, 6.07) is -0.0810. The smallest absolute Gasteiger partial charge is 0.302 e. The van der Waals surface area contributed by atoms with E-state index in [-0.39, 0.29) is 6.04 Å². The first-order valence-corrected chi connectivity index (χ1v) is 7.08. The van der Waals surface area contributed by atoms with Gasteiger partial charge in [-0.05, 0) is 45.2 Å². The van der Waals surface area contributed by atoms with E-state index in [4.69, 9.17) is 0 Å². The second kappa shape index (κ2) is 4.01. The summed E-state index contributed by atoms with van der Waals surface area (Å²) in [5.74, 6) is 0.382. The molecule has 3 unspecified atom stereocenters. The summed E-state index contributed by atoms with van der Waals surface area (Å²) in [4.78, 5) is 2.04. The monoisotopic (exact) mass is 235 g/mol. The molecule has 2 aliphatic rings. The molecule has 2 fully saturated rings. The SMILES string of the molecule is CN1CCCC2CCCC(S(=O)(=O)F)C21. The molecule has 0 aromatic carbocycles. The van der Waals surface area contributed by atoms with Gasteiger partial charge in [0.1, 0.15) is 5.25 Å². The van der Waals surface area contributed by atoms with E-state index in [1.54, 1.807) is 0 Å². The number of nitrogens with zero attached hydrogens (tertiary/aromatic N) is 1. The normalized spacial score (nSPS) is 38.7. The molecular weight excluding hydrogens is 217 g/mol. The largest absolute Gasteiger partial charge is 0.306 e. The molecule has 5 heteroatoms. The Kier molecular flexibility index (Phi) is 3.03. The predicted molar refractivity (Wildman–Crippen MR) is 56.8 cm³/mol. The molecule has 1 heterocycles. The van der Waals surface area contributed by atoms with Gasteiger partial charge < -0.3 is 4.90 Å². The fraction of sp³-hybridized carbons (Fsp3) is 1.00. The molecule has 15 heavy (non-hydrogen) atoms. The van der Waals surface area contributed by atoms with Gasteiger partial charge in [0.25, 0.3) is 0 Å². The first-order valence-electron chi connectivity index (χ1n) is 5.64. The summed E-state index contributed by atoms with van der Waals surface area (Å²) in [5, 5.41) is -0.776. The molecule has 3 nitrogen and oxygen atoms in total. The van der Waals surface area contributed by atoms with Crippen molar-refractivity contribution in [1.82, 2.24) is 4.90 Å². The second-order valence-electron chi connectivity index (χ2n) is 4.82. The highest BCUT2D eigenvalue weighted by atomic mass is 32.3. The first-order chi connectivity index (χ1) is 7.00. The van der Waals surface area contributed by atoms with Gasteiger partial charge in [-0.25, -0.2) is 0 Å². The Labute approximate surface area is 90.9 Å². The van der Waals surface area contributed by atoms with Crippen molar-refractivity contribution in [2.45, 2.75) is 43.4 Å². The Morgan fingerprint density at radius 2 is 1.87 bits per heavy atom. The van der Waals surface area contributed by atoms with Gasteiger partial charge in [0, 0.05) is 6.04 Å². The highest BCUT2D eigenvalue weighted by Gasteiger charge is 2.44. The highest BCUT2D eigenvalue weighted by molar-refractivity contribution is 7.87. The molecule has 1 aliphatic carbocycles. The van der Waals surface area contributed by atoms with E-state index in [1.807, 2.05) is 11.9 Å². The van der Waals surface area contributed by atoms with Crippen LogP contribution in [0.4, 0.5) is 3.89 Å². The van der Waals surface area contributed by atoms with E-state index in [9.17, 15) is 12.3 Å². The van der Waals surface area contributed by atoms with E-state index >= 15 is 0 Å². The van der Waals surface area contributed by atoms with Crippen LogP contribution in [0.5, 0.6) is 0 Å². The molecule has 0 aromatic rings. The summed E-state index contributed by atoms with van der Waals surface area (Å²) in [6.45, 7) is 0.896. The number of fused-ring (bicyclic) bond motifs is 1. The first kappa shape index (κ1) is 11.3. The van der Waals surface area contributed by atoms with Crippen molar-refractivity contribution in [3.8, 4) is 0 Å². The summed E-state index contributed by atoms with van der Waals surface area (Å²) >= 11 is 0. The van der Waals surface area contributed by atoms with Crippen LogP contribution in [0.2, 0.25) is 0 Å². The lowest BCUT2D eigenvalue weighted by Gasteiger charge is -2.45. The lowest BCUT2D eigenvalue weighted by Crippen LogP contribution is -2.53. The van der Waals surface area contributed by atoms with E-state index in [2.05, 4.69) is 0 Å². The minimum absolute atomic E-state index is 0.0810. The van der Waals surface area contributed by atoms with Crippen LogP contribution < -0.4 is 0 Å². The zero-order valence-electron chi connectivity index (χ0n) is 9.02. The van der Waals surface area contributed by atoms with Gasteiger partial charge in [-0.3, -0.25) is 0 Å². The van der Waals surface area contributed by atoms with E-state index in [1.165, 1.54) is 0 Å². The fourth-order valence-electron chi connectivity index (χ4n) is 3.24. The Balaban J connectivity index is 2.24. The van der Waals surface area contributed by atoms with Gasteiger partial charge >= 0.3 is 10.2 Å². The molecule has 0 radical (unpaired) electrons. The summed E-state index contributed by atoms with van der Waals surface area (Å²) in [6.07, 6.45) is 4.56. The molecule has 1 saturated heterocycles. The molecule has 0 N–H and O–H groups in total. The average Bonchev–Trinajstić information content (AvgIpc) is 2.16. The van der Waals surface area contributed by atoms with Crippen LogP contribution in [0, 0.1) is 5.92 Å². The number of piperidine rings is 1. The van der Waals surface area contributed by atoms with Gasteiger partial charge in [-0.2, -0.15) is 8.42 Å². The summed E-state index contributed by atoms with van der Waals surface area (Å²) in [7, 11) is -2.45. The molecule has 1 aliphatic heterocycles. The molecule has 0 amide bonds. The van der Waals surface area contributed by atoms with E-state index in [0.717, 1.165) is 32.2 Å². The number of likely N-dealkylation sites (tertiary alicyclic amines) is 1. The molecule has 2 rings (SSSR count). The third-order valence-electron chi connectivity index (χ3n) is 3.88. The number of hydrogen-bond donors (Lipinski definition) is 0. The van der Waals surface area contributed by atoms with Crippen molar-refractivity contribution in [2.75, 3.05) is 13.6 Å². The van der Waals surface area contributed by atoms with Crippen LogP contribution in [0.25, 0.3) is 0 Å². The van der Waals surface area contributed by atoms with Crippen LogP contribution in [-0.2, 0) is 10.2 Å². The maximum absolute atomic E-state index is 13.2. The zero-order chi connectivity index (χ0) is 11.1. The molecule has 3 atom stereocenters. The van der Waals surface area contributed by atoms with Crippen molar-refractivity contribution in [1.29, 1.82) is 0 Å². The quantitative estimate of drug-likeness (QED) is 0.647. The van der Waals surface area contributed by atoms with Crippen molar-refractivity contribution in [3.05, 3.63) is 0 Å². The second-order valence-corrected chi connectivity index (χ2v) is 6.38. The zero-order valence-corrected chi connectivity index (χ0v) is 9.84. The van der Waals surface area contributed by atoms with Crippen molar-refractivity contribution in [2.24, 2.45) is 5.92 Å². The average molecular weight is 235 g/mol. The third-order valence-corrected chi connectivity index (χ3v) is 5.12. The molecule has 0 aromatic heterocycles. The maximum atomic E-state index is 13.2. The lowest BCUT2D eigenvalue weighted by atomic mass is 9.78. The van der Waals surface area contributed by atoms with Crippen LogP contribution in [0.3, 0.4) is 0 Å². The molecule has 88 valence electrons. The number of rotatable bonds is 1. The van der Waals surface area contributed by atoms with Crippen molar-refractivity contribution >= 4 is 10.2 Å². The highest BCUT2D eigenvalue weighted by Crippen LogP contribution is 2.37. The standard InChI is InChI=1S/C10H18FNO2S/c1-12-7-3-5-8-4-2-6-9(10(8)12)15(11,13)14/h8-10H,2-7H2,1H3. The third kappa shape index (κ3) is 2.18. The summed E-state index contributed by atoms with van der Waals surface area (Å²) in [5.41, 5.74) is 0.